The van der Waals surface area contributed by atoms with Crippen molar-refractivity contribution >= 4 is 34.9 Å². The Morgan fingerprint density at radius 2 is 1.75 bits per heavy atom. The van der Waals surface area contributed by atoms with E-state index in [0.29, 0.717) is 33.7 Å². The predicted molar refractivity (Wildman–Crippen MR) is 128 cm³/mol. The van der Waals surface area contributed by atoms with Gasteiger partial charge in [-0.15, -0.1) is 0 Å². The van der Waals surface area contributed by atoms with Crippen molar-refractivity contribution < 1.29 is 9.53 Å². The Morgan fingerprint density at radius 3 is 2.53 bits per heavy atom. The first-order chi connectivity index (χ1) is 15.5. The quantitative estimate of drug-likeness (QED) is 0.344. The maximum absolute atomic E-state index is 12.8. The Bertz CT molecular complexity index is 1240. The zero-order valence-electron chi connectivity index (χ0n) is 17.4. The van der Waals surface area contributed by atoms with Gasteiger partial charge in [-0.25, -0.2) is 0 Å². The molecule has 0 radical (unpaired) electrons. The van der Waals surface area contributed by atoms with Crippen LogP contribution < -0.4 is 10.1 Å². The number of amides is 1. The van der Waals surface area contributed by atoms with Crippen LogP contribution in [0.4, 0.5) is 5.82 Å². The summed E-state index contributed by atoms with van der Waals surface area (Å²) in [7, 11) is 0. The molecular weight excluding hydrogens is 445 g/mol. The van der Waals surface area contributed by atoms with Crippen LogP contribution in [-0.4, -0.2) is 15.7 Å². The van der Waals surface area contributed by atoms with Crippen LogP contribution >= 0.6 is 23.2 Å². The SMILES string of the molecule is Cc1cc(NC(=O)c2cccc(COc3ccc(Cl)cc3Cl)c2)nn1Cc1ccccc1. The average Bonchev–Trinajstić information content (AvgIpc) is 3.12. The van der Waals surface area contributed by atoms with Crippen LogP contribution in [0.5, 0.6) is 5.75 Å². The van der Waals surface area contributed by atoms with Crippen LogP contribution in [0, 0.1) is 6.92 Å². The predicted octanol–water partition coefficient (Wildman–Crippen LogP) is 6.38. The molecule has 0 aliphatic heterocycles. The number of aryl methyl sites for hydroxylation is 1. The third-order valence-electron chi connectivity index (χ3n) is 4.88. The summed E-state index contributed by atoms with van der Waals surface area (Å²) in [5, 5.41) is 8.38. The van der Waals surface area contributed by atoms with Crippen molar-refractivity contribution in [2.75, 3.05) is 5.32 Å². The maximum atomic E-state index is 12.8. The molecule has 0 fully saturated rings. The zero-order chi connectivity index (χ0) is 22.5. The van der Waals surface area contributed by atoms with E-state index in [4.69, 9.17) is 27.9 Å². The van der Waals surface area contributed by atoms with E-state index in [1.807, 2.05) is 60.1 Å². The third-order valence-corrected chi connectivity index (χ3v) is 5.41. The minimum atomic E-state index is -0.235. The molecule has 0 aliphatic carbocycles. The molecule has 7 heteroatoms. The zero-order valence-corrected chi connectivity index (χ0v) is 18.9. The Hall–Kier alpha value is -3.28. The van der Waals surface area contributed by atoms with Crippen LogP contribution in [0.3, 0.4) is 0 Å². The van der Waals surface area contributed by atoms with Gasteiger partial charge in [0, 0.05) is 22.3 Å². The average molecular weight is 466 g/mol. The second-order valence-electron chi connectivity index (χ2n) is 7.33. The Morgan fingerprint density at radius 1 is 0.969 bits per heavy atom. The summed E-state index contributed by atoms with van der Waals surface area (Å²) < 4.78 is 7.63. The van der Waals surface area contributed by atoms with E-state index in [1.54, 1.807) is 30.3 Å². The third kappa shape index (κ3) is 5.49. The number of carbonyl (C=O) groups is 1. The highest BCUT2D eigenvalue weighted by Crippen LogP contribution is 2.28. The van der Waals surface area contributed by atoms with Gasteiger partial charge in [-0.2, -0.15) is 5.10 Å². The number of anilines is 1. The fraction of sp³-hybridized carbons (Fsp3) is 0.120. The molecule has 1 heterocycles. The van der Waals surface area contributed by atoms with Crippen molar-refractivity contribution in [3.8, 4) is 5.75 Å². The van der Waals surface area contributed by atoms with Crippen LogP contribution in [0.25, 0.3) is 0 Å². The number of nitrogens with zero attached hydrogens (tertiary/aromatic N) is 2. The summed E-state index contributed by atoms with van der Waals surface area (Å²) in [4.78, 5) is 12.8. The van der Waals surface area contributed by atoms with Gasteiger partial charge >= 0.3 is 0 Å². The molecule has 1 amide bonds. The van der Waals surface area contributed by atoms with Crippen molar-refractivity contribution in [3.63, 3.8) is 0 Å². The van der Waals surface area contributed by atoms with Crippen LogP contribution in [0.15, 0.2) is 78.9 Å². The van der Waals surface area contributed by atoms with Gasteiger partial charge in [-0.3, -0.25) is 9.48 Å². The summed E-state index contributed by atoms with van der Waals surface area (Å²) in [5.74, 6) is 0.809. The molecule has 4 rings (SSSR count). The number of aromatic nitrogens is 2. The second-order valence-corrected chi connectivity index (χ2v) is 8.18. The molecule has 5 nitrogen and oxygen atoms in total. The number of hydrogen-bond acceptors (Lipinski definition) is 3. The lowest BCUT2D eigenvalue weighted by atomic mass is 10.1. The highest BCUT2D eigenvalue weighted by molar-refractivity contribution is 6.35. The van der Waals surface area contributed by atoms with Gasteiger partial charge in [-0.1, -0.05) is 65.7 Å². The van der Waals surface area contributed by atoms with E-state index >= 15 is 0 Å². The lowest BCUT2D eigenvalue weighted by Gasteiger charge is -2.09. The number of rotatable bonds is 7. The Balaban J connectivity index is 1.41. The molecular formula is C25H21Cl2N3O2. The van der Waals surface area contributed by atoms with Gasteiger partial charge < -0.3 is 10.1 Å². The highest BCUT2D eigenvalue weighted by Gasteiger charge is 2.11. The fourth-order valence-electron chi connectivity index (χ4n) is 3.23. The van der Waals surface area contributed by atoms with Gasteiger partial charge in [0.2, 0.25) is 0 Å². The summed E-state index contributed by atoms with van der Waals surface area (Å²) in [6.45, 7) is 2.88. The number of benzene rings is 3. The second kappa shape index (κ2) is 9.90. The van der Waals surface area contributed by atoms with Crippen LogP contribution in [0.1, 0.15) is 27.2 Å². The van der Waals surface area contributed by atoms with Crippen molar-refractivity contribution in [2.24, 2.45) is 0 Å². The van der Waals surface area contributed by atoms with E-state index in [9.17, 15) is 4.79 Å². The van der Waals surface area contributed by atoms with E-state index < -0.39 is 0 Å². The first kappa shape index (κ1) is 21.9. The lowest BCUT2D eigenvalue weighted by molar-refractivity contribution is 0.102. The number of halogens is 2. The first-order valence-corrected chi connectivity index (χ1v) is 10.8. The summed E-state index contributed by atoms with van der Waals surface area (Å²) in [6, 6.07) is 24.2. The van der Waals surface area contributed by atoms with Crippen molar-refractivity contribution in [1.29, 1.82) is 0 Å². The van der Waals surface area contributed by atoms with Crippen molar-refractivity contribution in [2.45, 2.75) is 20.1 Å². The normalized spacial score (nSPS) is 10.7. The van der Waals surface area contributed by atoms with Gasteiger partial charge in [0.15, 0.2) is 5.82 Å². The number of carbonyl (C=O) groups excluding carboxylic acids is 1. The van der Waals surface area contributed by atoms with E-state index in [2.05, 4.69) is 10.4 Å². The Kier molecular flexibility index (Phi) is 6.78. The Labute approximate surface area is 196 Å². The van der Waals surface area contributed by atoms with Gasteiger partial charge in [0.25, 0.3) is 5.91 Å². The standard InChI is InChI=1S/C25H21Cl2N3O2/c1-17-12-24(29-30(17)15-18-6-3-2-4-7-18)28-25(31)20-9-5-8-19(13-20)16-32-23-11-10-21(26)14-22(23)27/h2-14H,15-16H2,1H3,(H,28,29,31). The van der Waals surface area contributed by atoms with Crippen LogP contribution in [-0.2, 0) is 13.2 Å². The van der Waals surface area contributed by atoms with Crippen molar-refractivity contribution in [1.82, 2.24) is 9.78 Å². The van der Waals surface area contributed by atoms with E-state index in [-0.39, 0.29) is 12.5 Å². The van der Waals surface area contributed by atoms with E-state index in [0.717, 1.165) is 16.8 Å². The largest absolute Gasteiger partial charge is 0.487 e. The summed E-state index contributed by atoms with van der Waals surface area (Å²) in [5.41, 5.74) is 3.47. The molecule has 1 N–H and O–H groups in total. The molecule has 0 saturated carbocycles. The smallest absolute Gasteiger partial charge is 0.256 e. The molecule has 4 aromatic rings. The molecule has 0 saturated heterocycles. The summed E-state index contributed by atoms with van der Waals surface area (Å²) in [6.07, 6.45) is 0. The first-order valence-electron chi connectivity index (χ1n) is 10.0. The van der Waals surface area contributed by atoms with E-state index in [1.165, 1.54) is 0 Å². The fourth-order valence-corrected chi connectivity index (χ4v) is 3.69. The monoisotopic (exact) mass is 465 g/mol. The maximum Gasteiger partial charge on any atom is 0.256 e. The molecule has 0 atom stereocenters. The van der Waals surface area contributed by atoms with Crippen molar-refractivity contribution in [3.05, 3.63) is 111 Å². The minimum absolute atomic E-state index is 0.235. The lowest BCUT2D eigenvalue weighted by Crippen LogP contribution is -2.13. The topological polar surface area (TPSA) is 56.1 Å². The molecule has 32 heavy (non-hydrogen) atoms. The molecule has 3 aromatic carbocycles. The molecule has 0 bridgehead atoms. The number of nitrogens with one attached hydrogen (secondary N) is 1. The van der Waals surface area contributed by atoms with Gasteiger partial charge in [0.05, 0.1) is 11.6 Å². The summed E-state index contributed by atoms with van der Waals surface area (Å²) >= 11 is 12.1. The molecule has 0 unspecified atom stereocenters. The molecule has 0 spiro atoms. The minimum Gasteiger partial charge on any atom is -0.487 e. The molecule has 0 aliphatic rings. The van der Waals surface area contributed by atoms with Crippen LogP contribution in [0.2, 0.25) is 10.0 Å². The number of ether oxygens (including phenoxy) is 1. The number of hydrogen-bond donors (Lipinski definition) is 1. The molecule has 162 valence electrons. The van der Waals surface area contributed by atoms with Gasteiger partial charge in [-0.05, 0) is 48.4 Å². The molecule has 1 aromatic heterocycles. The highest BCUT2D eigenvalue weighted by atomic mass is 35.5. The van der Waals surface area contributed by atoms with Gasteiger partial charge in [0.1, 0.15) is 12.4 Å².